The summed E-state index contributed by atoms with van der Waals surface area (Å²) in [6.45, 7) is 7.66. The Morgan fingerprint density at radius 1 is 1.27 bits per heavy atom. The van der Waals surface area contributed by atoms with Crippen molar-refractivity contribution in [1.82, 2.24) is 24.8 Å². The van der Waals surface area contributed by atoms with Crippen molar-refractivity contribution >= 4 is 22.8 Å². The second-order valence-corrected chi connectivity index (χ2v) is 11.9. The van der Waals surface area contributed by atoms with E-state index in [1.54, 1.807) is 18.2 Å². The van der Waals surface area contributed by atoms with Crippen LogP contribution in [-0.2, 0) is 16.1 Å². The first-order chi connectivity index (χ1) is 19.7. The van der Waals surface area contributed by atoms with Gasteiger partial charge in [-0.2, -0.15) is 0 Å². The summed E-state index contributed by atoms with van der Waals surface area (Å²) < 4.78 is 22.5. The lowest BCUT2D eigenvalue weighted by Crippen LogP contribution is -2.47. The van der Waals surface area contributed by atoms with Crippen molar-refractivity contribution in [2.45, 2.75) is 64.3 Å². The molecule has 3 N–H and O–H groups in total. The number of likely N-dealkylation sites (tertiary alicyclic amines) is 1. The van der Waals surface area contributed by atoms with Gasteiger partial charge < -0.3 is 25.0 Å². The first kappa shape index (κ1) is 27.7. The molecule has 1 spiro atoms. The van der Waals surface area contributed by atoms with Crippen LogP contribution in [0, 0.1) is 11.2 Å². The number of halogens is 1. The van der Waals surface area contributed by atoms with Crippen molar-refractivity contribution < 1.29 is 19.0 Å². The zero-order valence-corrected chi connectivity index (χ0v) is 23.5. The summed E-state index contributed by atoms with van der Waals surface area (Å²) in [7, 11) is 0. The molecular formula is C30H37FN6O4. The van der Waals surface area contributed by atoms with Crippen LogP contribution >= 0.6 is 0 Å². The van der Waals surface area contributed by atoms with Crippen LogP contribution in [0.25, 0.3) is 22.2 Å². The van der Waals surface area contributed by atoms with E-state index in [4.69, 9.17) is 4.74 Å². The number of pyridine rings is 1. The number of aliphatic hydroxyl groups is 1. The molecule has 218 valence electrons. The lowest BCUT2D eigenvalue weighted by Gasteiger charge is -2.39. The number of aromatic nitrogens is 3. The van der Waals surface area contributed by atoms with Gasteiger partial charge in [-0.25, -0.2) is 14.4 Å². The van der Waals surface area contributed by atoms with Gasteiger partial charge in [0, 0.05) is 55.0 Å². The van der Waals surface area contributed by atoms with Gasteiger partial charge in [-0.05, 0) is 58.2 Å². The highest BCUT2D eigenvalue weighted by Gasteiger charge is 2.45. The molecule has 11 heteroatoms. The summed E-state index contributed by atoms with van der Waals surface area (Å²) in [5.41, 5.74) is 1.77. The van der Waals surface area contributed by atoms with Gasteiger partial charge in [-0.15, -0.1) is 0 Å². The zero-order valence-electron chi connectivity index (χ0n) is 23.5. The summed E-state index contributed by atoms with van der Waals surface area (Å²) in [5.74, 6) is -0.221. The first-order valence-corrected chi connectivity index (χ1v) is 14.5. The number of anilines is 1. The van der Waals surface area contributed by atoms with E-state index in [2.05, 4.69) is 43.9 Å². The fraction of sp³-hybridized carbons (Fsp3) is 0.533. The van der Waals surface area contributed by atoms with Crippen molar-refractivity contribution in [3.8, 4) is 11.3 Å². The van der Waals surface area contributed by atoms with Crippen LogP contribution in [0.3, 0.4) is 0 Å². The van der Waals surface area contributed by atoms with E-state index in [1.807, 2.05) is 6.07 Å². The number of carbonyl (C=O) groups excluding carboxylic acids is 1. The maximum absolute atomic E-state index is 15.1. The standard InChI is InChI=1S/C30H37FN6O4/c1-18(2)37-20(15-36-10-3-7-30(17-36)8-9-32-28(30)40)13-25(38)21-5-4-19(12-24(21)37)27-22(31)14-33-29(35-27)34-23-6-11-41-16-26(23)39/h4-5,12-14,18,23,26,39H,3,6-11,15-17H2,1-2H3,(H,32,40)(H,33,34,35)/t23-,26-,30-/m1/s1. The maximum Gasteiger partial charge on any atom is 0.227 e. The largest absolute Gasteiger partial charge is 0.389 e. The molecule has 0 aliphatic carbocycles. The highest BCUT2D eigenvalue weighted by atomic mass is 19.1. The Kier molecular flexibility index (Phi) is 7.52. The average molecular weight is 565 g/mol. The second kappa shape index (κ2) is 11.1. The molecule has 1 amide bonds. The Balaban J connectivity index is 1.35. The van der Waals surface area contributed by atoms with Gasteiger partial charge in [0.25, 0.3) is 0 Å². The van der Waals surface area contributed by atoms with Gasteiger partial charge in [0.15, 0.2) is 11.2 Å². The number of hydrogen-bond acceptors (Lipinski definition) is 8. The Morgan fingerprint density at radius 2 is 2.12 bits per heavy atom. The average Bonchev–Trinajstić information content (AvgIpc) is 3.29. The molecule has 0 bridgehead atoms. The highest BCUT2D eigenvalue weighted by Crippen LogP contribution is 2.37. The van der Waals surface area contributed by atoms with Gasteiger partial charge in [-0.1, -0.05) is 6.07 Å². The molecule has 1 aromatic carbocycles. The molecule has 0 radical (unpaired) electrons. The van der Waals surface area contributed by atoms with E-state index in [-0.39, 0.29) is 47.1 Å². The normalized spacial score (nSPS) is 25.2. The molecule has 3 atom stereocenters. The monoisotopic (exact) mass is 564 g/mol. The van der Waals surface area contributed by atoms with Gasteiger partial charge in [0.1, 0.15) is 5.69 Å². The smallest absolute Gasteiger partial charge is 0.227 e. The number of rotatable bonds is 6. The second-order valence-electron chi connectivity index (χ2n) is 11.9. The third-order valence-electron chi connectivity index (χ3n) is 8.72. The van der Waals surface area contributed by atoms with Gasteiger partial charge >= 0.3 is 0 Å². The van der Waals surface area contributed by atoms with E-state index in [1.165, 1.54) is 0 Å². The number of ether oxygens (including phenoxy) is 1. The molecule has 3 saturated heterocycles. The van der Waals surface area contributed by atoms with Crippen molar-refractivity contribution in [2.75, 3.05) is 38.2 Å². The van der Waals surface area contributed by atoms with Crippen LogP contribution in [0.2, 0.25) is 0 Å². The minimum absolute atomic E-state index is 0.0272. The van der Waals surface area contributed by atoms with E-state index in [0.717, 1.165) is 37.7 Å². The van der Waals surface area contributed by atoms with Crippen molar-refractivity contribution in [2.24, 2.45) is 5.41 Å². The number of hydrogen-bond donors (Lipinski definition) is 3. The molecule has 10 nitrogen and oxygen atoms in total. The van der Waals surface area contributed by atoms with Gasteiger partial charge in [-0.3, -0.25) is 14.5 Å². The Labute approximate surface area is 237 Å². The highest BCUT2D eigenvalue weighted by molar-refractivity contribution is 5.85. The number of benzene rings is 1. The minimum Gasteiger partial charge on any atom is -0.389 e. The van der Waals surface area contributed by atoms with Crippen molar-refractivity contribution in [3.05, 3.63) is 52.2 Å². The minimum atomic E-state index is -0.710. The fourth-order valence-corrected chi connectivity index (χ4v) is 6.66. The van der Waals surface area contributed by atoms with Crippen LogP contribution in [0.4, 0.5) is 10.3 Å². The van der Waals surface area contributed by atoms with Gasteiger partial charge in [0.2, 0.25) is 11.9 Å². The Bertz CT molecular complexity index is 1530. The summed E-state index contributed by atoms with van der Waals surface area (Å²) in [6, 6.07) is 6.69. The van der Waals surface area contributed by atoms with E-state index < -0.39 is 11.9 Å². The lowest BCUT2D eigenvalue weighted by atomic mass is 9.78. The third-order valence-corrected chi connectivity index (χ3v) is 8.72. The summed E-state index contributed by atoms with van der Waals surface area (Å²) in [4.78, 5) is 36.8. The summed E-state index contributed by atoms with van der Waals surface area (Å²) in [6.07, 6.45) is 3.67. The molecule has 3 aromatic rings. The molecule has 3 aliphatic heterocycles. The molecule has 0 saturated carbocycles. The SMILES string of the molecule is CC(C)n1c(CN2CCC[C@@]3(CCNC3=O)C2)cc(=O)c2ccc(-c3nc(N[C@@H]4CCOC[C@H]4O)ncc3F)cc21. The van der Waals surface area contributed by atoms with Crippen LogP contribution in [0.5, 0.6) is 0 Å². The number of nitrogens with one attached hydrogen (secondary N) is 2. The Morgan fingerprint density at radius 3 is 2.88 bits per heavy atom. The summed E-state index contributed by atoms with van der Waals surface area (Å²) >= 11 is 0. The molecule has 41 heavy (non-hydrogen) atoms. The number of piperidine rings is 1. The van der Waals surface area contributed by atoms with E-state index >= 15 is 4.39 Å². The molecule has 6 rings (SSSR count). The summed E-state index contributed by atoms with van der Waals surface area (Å²) in [5, 5.41) is 16.9. The van der Waals surface area contributed by atoms with Gasteiger partial charge in [0.05, 0.1) is 35.9 Å². The molecule has 3 fully saturated rings. The molecule has 0 unspecified atom stereocenters. The maximum atomic E-state index is 15.1. The fourth-order valence-electron chi connectivity index (χ4n) is 6.66. The number of amides is 1. The topological polar surface area (TPSA) is 122 Å². The third kappa shape index (κ3) is 5.33. The number of nitrogens with zero attached hydrogens (tertiary/aromatic N) is 4. The number of carbonyl (C=O) groups is 1. The predicted octanol–water partition coefficient (Wildman–Crippen LogP) is 2.84. The number of fused-ring (bicyclic) bond motifs is 1. The van der Waals surface area contributed by atoms with Crippen LogP contribution < -0.4 is 16.1 Å². The van der Waals surface area contributed by atoms with E-state index in [0.29, 0.717) is 49.1 Å². The number of aliphatic hydroxyl groups excluding tert-OH is 1. The lowest BCUT2D eigenvalue weighted by molar-refractivity contribution is -0.130. The quantitative estimate of drug-likeness (QED) is 0.418. The van der Waals surface area contributed by atoms with Crippen LogP contribution in [-0.4, -0.2) is 75.4 Å². The van der Waals surface area contributed by atoms with Crippen LogP contribution in [0.1, 0.15) is 51.3 Å². The first-order valence-electron chi connectivity index (χ1n) is 14.5. The molecular weight excluding hydrogens is 527 g/mol. The van der Waals surface area contributed by atoms with E-state index in [9.17, 15) is 14.7 Å². The van der Waals surface area contributed by atoms with Crippen molar-refractivity contribution in [1.29, 1.82) is 0 Å². The predicted molar refractivity (Wildman–Crippen MR) is 153 cm³/mol. The Hall–Kier alpha value is -3.41. The zero-order chi connectivity index (χ0) is 28.7. The molecule has 3 aliphatic rings. The molecule has 2 aromatic heterocycles. The van der Waals surface area contributed by atoms with Crippen LogP contribution in [0.15, 0.2) is 35.3 Å². The van der Waals surface area contributed by atoms with Crippen molar-refractivity contribution in [3.63, 3.8) is 0 Å². The molecule has 5 heterocycles.